The number of hydrogen-bond acceptors (Lipinski definition) is 5. The van der Waals surface area contributed by atoms with Crippen molar-refractivity contribution in [3.05, 3.63) is 47.3 Å². The maximum atomic E-state index is 9.27. The molecule has 5 nitrogen and oxygen atoms in total. The molecule has 0 radical (unpaired) electrons. The van der Waals surface area contributed by atoms with E-state index >= 15 is 0 Å². The number of rotatable bonds is 3. The minimum Gasteiger partial charge on any atom is -0.486 e. The number of fused-ring (bicyclic) bond motifs is 1. The highest BCUT2D eigenvalue weighted by Gasteiger charge is 2.20. The summed E-state index contributed by atoms with van der Waals surface area (Å²) in [5, 5.41) is 12.6. The molecule has 0 saturated carbocycles. The van der Waals surface area contributed by atoms with Crippen molar-refractivity contribution in [2.45, 2.75) is 20.0 Å². The molecule has 112 valence electrons. The Kier molecular flexibility index (Phi) is 3.84. The number of nitrogens with zero attached hydrogens (tertiary/aromatic N) is 2. The van der Waals surface area contributed by atoms with E-state index in [1.807, 2.05) is 44.2 Å². The van der Waals surface area contributed by atoms with Crippen LogP contribution in [-0.4, -0.2) is 24.2 Å². The third kappa shape index (κ3) is 2.82. The average Bonchev–Trinajstić information content (AvgIpc) is 2.52. The SMILES string of the molecule is Cc1cc(NCC2COc3ccccc3O2)c(C#N)c(C)n1. The summed E-state index contributed by atoms with van der Waals surface area (Å²) in [4.78, 5) is 4.31. The van der Waals surface area contributed by atoms with E-state index in [1.54, 1.807) is 0 Å². The second-order valence-electron chi connectivity index (χ2n) is 5.26. The Bertz CT molecular complexity index is 737. The van der Waals surface area contributed by atoms with Gasteiger partial charge in [0.05, 0.1) is 23.5 Å². The number of benzene rings is 1. The smallest absolute Gasteiger partial charge is 0.161 e. The molecule has 1 aromatic carbocycles. The number of nitriles is 1. The average molecular weight is 295 g/mol. The molecule has 1 atom stereocenters. The molecule has 0 amide bonds. The number of aromatic nitrogens is 1. The Morgan fingerprint density at radius 2 is 2.09 bits per heavy atom. The van der Waals surface area contributed by atoms with Crippen LogP contribution in [0.5, 0.6) is 11.5 Å². The summed E-state index contributed by atoms with van der Waals surface area (Å²) in [5.41, 5.74) is 2.97. The molecule has 1 aromatic heterocycles. The Morgan fingerprint density at radius 3 is 2.86 bits per heavy atom. The van der Waals surface area contributed by atoms with Crippen LogP contribution in [0, 0.1) is 25.2 Å². The van der Waals surface area contributed by atoms with E-state index in [0.29, 0.717) is 18.7 Å². The van der Waals surface area contributed by atoms with Crippen LogP contribution in [0.1, 0.15) is 17.0 Å². The second kappa shape index (κ2) is 5.94. The molecule has 0 bridgehead atoms. The van der Waals surface area contributed by atoms with Crippen LogP contribution in [0.15, 0.2) is 30.3 Å². The maximum absolute atomic E-state index is 9.27. The summed E-state index contributed by atoms with van der Waals surface area (Å²) >= 11 is 0. The summed E-state index contributed by atoms with van der Waals surface area (Å²) in [6, 6.07) is 11.7. The van der Waals surface area contributed by atoms with E-state index in [4.69, 9.17) is 9.47 Å². The van der Waals surface area contributed by atoms with E-state index in [9.17, 15) is 5.26 Å². The van der Waals surface area contributed by atoms with Crippen molar-refractivity contribution in [3.63, 3.8) is 0 Å². The Morgan fingerprint density at radius 1 is 1.32 bits per heavy atom. The molecule has 0 spiro atoms. The fourth-order valence-electron chi connectivity index (χ4n) is 2.50. The molecule has 1 unspecified atom stereocenters. The van der Waals surface area contributed by atoms with Gasteiger partial charge in [-0.1, -0.05) is 12.1 Å². The molecule has 2 heterocycles. The number of pyridine rings is 1. The van der Waals surface area contributed by atoms with Gasteiger partial charge in [-0.3, -0.25) is 4.98 Å². The first kappa shape index (κ1) is 14.2. The van der Waals surface area contributed by atoms with Crippen molar-refractivity contribution >= 4 is 5.69 Å². The lowest BCUT2D eigenvalue weighted by Crippen LogP contribution is -2.35. The lowest BCUT2D eigenvalue weighted by molar-refractivity contribution is 0.0997. The van der Waals surface area contributed by atoms with Crippen molar-refractivity contribution < 1.29 is 9.47 Å². The van der Waals surface area contributed by atoms with Crippen molar-refractivity contribution in [2.24, 2.45) is 0 Å². The molecule has 0 fully saturated rings. The Balaban J connectivity index is 1.71. The molecule has 2 aromatic rings. The monoisotopic (exact) mass is 295 g/mol. The highest BCUT2D eigenvalue weighted by molar-refractivity contribution is 5.60. The summed E-state index contributed by atoms with van der Waals surface area (Å²) < 4.78 is 11.6. The van der Waals surface area contributed by atoms with Gasteiger partial charge in [0.25, 0.3) is 0 Å². The number of nitrogens with one attached hydrogen (secondary N) is 1. The van der Waals surface area contributed by atoms with Crippen LogP contribution in [0.25, 0.3) is 0 Å². The molecule has 3 rings (SSSR count). The van der Waals surface area contributed by atoms with E-state index in [-0.39, 0.29) is 6.10 Å². The highest BCUT2D eigenvalue weighted by Crippen LogP contribution is 2.31. The summed E-state index contributed by atoms with van der Waals surface area (Å²) in [7, 11) is 0. The van der Waals surface area contributed by atoms with Gasteiger partial charge in [-0.05, 0) is 32.0 Å². The van der Waals surface area contributed by atoms with Crippen LogP contribution in [0.3, 0.4) is 0 Å². The largest absolute Gasteiger partial charge is 0.486 e. The minimum atomic E-state index is -0.102. The van der Waals surface area contributed by atoms with Crippen molar-refractivity contribution in [1.82, 2.24) is 4.98 Å². The van der Waals surface area contributed by atoms with E-state index in [1.165, 1.54) is 0 Å². The first-order valence-corrected chi connectivity index (χ1v) is 7.18. The van der Waals surface area contributed by atoms with Crippen LogP contribution in [0.4, 0.5) is 5.69 Å². The van der Waals surface area contributed by atoms with Crippen molar-refractivity contribution in [1.29, 1.82) is 5.26 Å². The van der Waals surface area contributed by atoms with Gasteiger partial charge >= 0.3 is 0 Å². The van der Waals surface area contributed by atoms with Crippen LogP contribution in [-0.2, 0) is 0 Å². The molecule has 22 heavy (non-hydrogen) atoms. The second-order valence-corrected chi connectivity index (χ2v) is 5.26. The Hall–Kier alpha value is -2.74. The maximum Gasteiger partial charge on any atom is 0.161 e. The normalized spacial score (nSPS) is 16.0. The molecule has 1 aliphatic heterocycles. The van der Waals surface area contributed by atoms with Gasteiger partial charge in [0, 0.05) is 5.69 Å². The molecule has 1 N–H and O–H groups in total. The number of hydrogen-bond donors (Lipinski definition) is 1. The molecular weight excluding hydrogens is 278 g/mol. The van der Waals surface area contributed by atoms with Gasteiger partial charge in [0.15, 0.2) is 11.5 Å². The number of ether oxygens (including phenoxy) is 2. The van der Waals surface area contributed by atoms with E-state index in [2.05, 4.69) is 16.4 Å². The lowest BCUT2D eigenvalue weighted by Gasteiger charge is -2.27. The molecule has 5 heteroatoms. The van der Waals surface area contributed by atoms with E-state index in [0.717, 1.165) is 28.6 Å². The molecule has 1 aliphatic rings. The molecule has 0 saturated heterocycles. The van der Waals surface area contributed by atoms with Gasteiger partial charge in [0.1, 0.15) is 18.8 Å². The zero-order chi connectivity index (χ0) is 15.5. The van der Waals surface area contributed by atoms with Crippen LogP contribution < -0.4 is 14.8 Å². The van der Waals surface area contributed by atoms with Gasteiger partial charge in [-0.15, -0.1) is 0 Å². The van der Waals surface area contributed by atoms with Gasteiger partial charge in [-0.25, -0.2) is 0 Å². The van der Waals surface area contributed by atoms with Gasteiger partial charge < -0.3 is 14.8 Å². The fourth-order valence-corrected chi connectivity index (χ4v) is 2.50. The standard InChI is InChI=1S/C17H17N3O2/c1-11-7-15(14(8-18)12(2)20-11)19-9-13-10-21-16-5-3-4-6-17(16)22-13/h3-7,13H,9-10H2,1-2H3,(H,19,20). The van der Waals surface area contributed by atoms with Crippen LogP contribution >= 0.6 is 0 Å². The number of anilines is 1. The van der Waals surface area contributed by atoms with Crippen LogP contribution in [0.2, 0.25) is 0 Å². The quantitative estimate of drug-likeness (QED) is 0.943. The zero-order valence-electron chi connectivity index (χ0n) is 12.6. The summed E-state index contributed by atoms with van der Waals surface area (Å²) in [5.74, 6) is 1.52. The summed E-state index contributed by atoms with van der Waals surface area (Å²) in [6.45, 7) is 4.80. The predicted octanol–water partition coefficient (Wildman–Crippen LogP) is 2.82. The van der Waals surface area contributed by atoms with Crippen molar-refractivity contribution in [2.75, 3.05) is 18.5 Å². The van der Waals surface area contributed by atoms with Crippen molar-refractivity contribution in [3.8, 4) is 17.6 Å². The topological polar surface area (TPSA) is 67.2 Å². The third-order valence-corrected chi connectivity index (χ3v) is 3.53. The number of aryl methyl sites for hydroxylation is 2. The highest BCUT2D eigenvalue weighted by atomic mass is 16.6. The van der Waals surface area contributed by atoms with Gasteiger partial charge in [-0.2, -0.15) is 5.26 Å². The fraction of sp³-hybridized carbons (Fsp3) is 0.294. The summed E-state index contributed by atoms with van der Waals surface area (Å²) in [6.07, 6.45) is -0.102. The first-order valence-electron chi connectivity index (χ1n) is 7.18. The molecular formula is C17H17N3O2. The first-order chi connectivity index (χ1) is 10.7. The minimum absolute atomic E-state index is 0.102. The lowest BCUT2D eigenvalue weighted by atomic mass is 10.1. The number of para-hydroxylation sites is 2. The van der Waals surface area contributed by atoms with Gasteiger partial charge in [0.2, 0.25) is 0 Å². The predicted molar refractivity (Wildman–Crippen MR) is 83.3 cm³/mol. The van der Waals surface area contributed by atoms with E-state index < -0.39 is 0 Å². The Labute approximate surface area is 129 Å². The molecule has 0 aliphatic carbocycles. The third-order valence-electron chi connectivity index (χ3n) is 3.53. The zero-order valence-corrected chi connectivity index (χ0v) is 12.6.